The van der Waals surface area contributed by atoms with Crippen LogP contribution in [-0.4, -0.2) is 55.9 Å². The summed E-state index contributed by atoms with van der Waals surface area (Å²) in [5.41, 5.74) is 5.13. The number of likely N-dealkylation sites (N-methyl/N-ethyl adjacent to an activating group) is 1. The largest absolute Gasteiger partial charge is 0.379 e. The standard InChI is InChI=1S/C22H39N3S/c1-10-14-21(15-12-13-17-23(5)6)16-18-26-25(9)22(19(3)11-2)20(4)24(7)8/h10-11,14,16,18H,1,12-13,15,17H2,2-9H3/b18-16-,19-11?,21-14-,22-20+. The zero-order chi connectivity index (χ0) is 20.1. The molecule has 0 heterocycles. The van der Waals surface area contributed by atoms with Crippen LogP contribution in [0.1, 0.15) is 40.0 Å². The average molecular weight is 378 g/mol. The summed E-state index contributed by atoms with van der Waals surface area (Å²) in [6.07, 6.45) is 11.9. The van der Waals surface area contributed by atoms with Gasteiger partial charge in [-0.3, -0.25) is 0 Å². The number of rotatable bonds is 12. The summed E-state index contributed by atoms with van der Waals surface area (Å²) in [5, 5.41) is 2.17. The molecule has 148 valence electrons. The topological polar surface area (TPSA) is 9.72 Å². The van der Waals surface area contributed by atoms with Crippen molar-refractivity contribution in [3.8, 4) is 0 Å². The van der Waals surface area contributed by atoms with E-state index in [0.29, 0.717) is 0 Å². The molecule has 0 aliphatic carbocycles. The van der Waals surface area contributed by atoms with Gasteiger partial charge < -0.3 is 14.1 Å². The van der Waals surface area contributed by atoms with Crippen LogP contribution >= 0.6 is 11.9 Å². The lowest BCUT2D eigenvalue weighted by Gasteiger charge is -2.26. The number of unbranched alkanes of at least 4 members (excludes halogenated alkanes) is 1. The van der Waals surface area contributed by atoms with E-state index in [-0.39, 0.29) is 0 Å². The molecule has 0 rings (SSSR count). The smallest absolute Gasteiger partial charge is 0.0683 e. The Bertz CT molecular complexity index is 540. The van der Waals surface area contributed by atoms with E-state index in [1.807, 2.05) is 6.08 Å². The third-order valence-electron chi connectivity index (χ3n) is 4.29. The highest BCUT2D eigenvalue weighted by Crippen LogP contribution is 2.26. The van der Waals surface area contributed by atoms with E-state index < -0.39 is 0 Å². The van der Waals surface area contributed by atoms with E-state index in [2.05, 4.69) is 100 Å². The average Bonchev–Trinajstić information content (AvgIpc) is 2.58. The molecule has 0 N–H and O–H groups in total. The summed E-state index contributed by atoms with van der Waals surface area (Å²) in [6.45, 7) is 11.4. The van der Waals surface area contributed by atoms with Gasteiger partial charge in [0, 0.05) is 26.8 Å². The van der Waals surface area contributed by atoms with Gasteiger partial charge in [0.25, 0.3) is 0 Å². The maximum Gasteiger partial charge on any atom is 0.0683 e. The third kappa shape index (κ3) is 9.93. The highest BCUT2D eigenvalue weighted by Gasteiger charge is 2.11. The van der Waals surface area contributed by atoms with Crippen LogP contribution in [0.3, 0.4) is 0 Å². The van der Waals surface area contributed by atoms with Crippen molar-refractivity contribution in [2.24, 2.45) is 0 Å². The summed E-state index contributed by atoms with van der Waals surface area (Å²) >= 11 is 1.72. The summed E-state index contributed by atoms with van der Waals surface area (Å²) in [6, 6.07) is 0. The fourth-order valence-electron chi connectivity index (χ4n) is 2.50. The molecular weight excluding hydrogens is 338 g/mol. The van der Waals surface area contributed by atoms with Crippen LogP contribution in [0.15, 0.2) is 58.8 Å². The third-order valence-corrected chi connectivity index (χ3v) is 5.05. The molecule has 0 fully saturated rings. The first-order valence-corrected chi connectivity index (χ1v) is 10.1. The highest BCUT2D eigenvalue weighted by atomic mass is 32.2. The van der Waals surface area contributed by atoms with Crippen LogP contribution in [0.4, 0.5) is 0 Å². The maximum absolute atomic E-state index is 3.85. The zero-order valence-corrected chi connectivity index (χ0v) is 19.0. The zero-order valence-electron chi connectivity index (χ0n) is 18.2. The lowest BCUT2D eigenvalue weighted by Crippen LogP contribution is -2.19. The van der Waals surface area contributed by atoms with E-state index in [0.717, 1.165) is 13.0 Å². The Kier molecular flexibility index (Phi) is 13.0. The molecule has 0 amide bonds. The Morgan fingerprint density at radius 1 is 1.04 bits per heavy atom. The second-order valence-corrected chi connectivity index (χ2v) is 7.97. The quantitative estimate of drug-likeness (QED) is 0.246. The van der Waals surface area contributed by atoms with Gasteiger partial charge in [0.1, 0.15) is 0 Å². The van der Waals surface area contributed by atoms with E-state index in [1.165, 1.54) is 35.4 Å². The number of hydrogen-bond acceptors (Lipinski definition) is 4. The van der Waals surface area contributed by atoms with Gasteiger partial charge in [0.05, 0.1) is 5.70 Å². The molecule has 0 saturated heterocycles. The number of nitrogens with zero attached hydrogens (tertiary/aromatic N) is 3. The van der Waals surface area contributed by atoms with Gasteiger partial charge in [-0.2, -0.15) is 0 Å². The van der Waals surface area contributed by atoms with Crippen LogP contribution in [0, 0.1) is 0 Å². The van der Waals surface area contributed by atoms with Crippen LogP contribution < -0.4 is 0 Å². The molecule has 0 radical (unpaired) electrons. The van der Waals surface area contributed by atoms with Gasteiger partial charge in [-0.1, -0.05) is 30.9 Å². The predicted molar refractivity (Wildman–Crippen MR) is 121 cm³/mol. The van der Waals surface area contributed by atoms with Gasteiger partial charge in [0.15, 0.2) is 0 Å². The minimum Gasteiger partial charge on any atom is -0.379 e. The molecule has 4 heteroatoms. The lowest BCUT2D eigenvalue weighted by atomic mass is 10.1. The van der Waals surface area contributed by atoms with Gasteiger partial charge in [-0.15, -0.1) is 0 Å². The summed E-state index contributed by atoms with van der Waals surface area (Å²) < 4.78 is 2.23. The molecule has 0 aliphatic heterocycles. The molecule has 0 bridgehead atoms. The van der Waals surface area contributed by atoms with Crippen molar-refractivity contribution < 1.29 is 0 Å². The molecule has 0 aliphatic rings. The van der Waals surface area contributed by atoms with Crippen molar-refractivity contribution in [2.75, 3.05) is 41.8 Å². The molecule has 0 aromatic rings. The molecular formula is C22H39N3S. The maximum atomic E-state index is 3.85. The minimum absolute atomic E-state index is 1.09. The molecule has 0 saturated carbocycles. The first kappa shape index (κ1) is 24.6. The minimum atomic E-state index is 1.09. The van der Waals surface area contributed by atoms with Crippen molar-refractivity contribution in [1.82, 2.24) is 14.1 Å². The van der Waals surface area contributed by atoms with E-state index in [4.69, 9.17) is 0 Å². The van der Waals surface area contributed by atoms with Crippen molar-refractivity contribution >= 4 is 11.9 Å². The van der Waals surface area contributed by atoms with Crippen LogP contribution in [0.5, 0.6) is 0 Å². The predicted octanol–water partition coefficient (Wildman–Crippen LogP) is 5.68. The fourth-order valence-corrected chi connectivity index (χ4v) is 3.30. The second-order valence-electron chi connectivity index (χ2n) is 6.94. The van der Waals surface area contributed by atoms with Crippen molar-refractivity contribution in [2.45, 2.75) is 40.0 Å². The summed E-state index contributed by atoms with van der Waals surface area (Å²) in [5.74, 6) is 0. The molecule has 3 nitrogen and oxygen atoms in total. The normalized spacial score (nSPS) is 14.0. The Balaban J connectivity index is 4.95. The summed E-state index contributed by atoms with van der Waals surface area (Å²) in [4.78, 5) is 4.40. The van der Waals surface area contributed by atoms with Crippen LogP contribution in [0.25, 0.3) is 0 Å². The van der Waals surface area contributed by atoms with Gasteiger partial charge in [0.2, 0.25) is 0 Å². The van der Waals surface area contributed by atoms with Gasteiger partial charge in [-0.05, 0) is 89.2 Å². The monoisotopic (exact) mass is 377 g/mol. The molecule has 0 atom stereocenters. The van der Waals surface area contributed by atoms with Gasteiger partial charge in [-0.25, -0.2) is 0 Å². The highest BCUT2D eigenvalue weighted by molar-refractivity contribution is 8.00. The van der Waals surface area contributed by atoms with E-state index >= 15 is 0 Å². The van der Waals surface area contributed by atoms with Crippen LogP contribution in [-0.2, 0) is 0 Å². The van der Waals surface area contributed by atoms with E-state index in [9.17, 15) is 0 Å². The van der Waals surface area contributed by atoms with Gasteiger partial charge >= 0.3 is 0 Å². The molecule has 0 unspecified atom stereocenters. The van der Waals surface area contributed by atoms with Crippen LogP contribution in [0.2, 0.25) is 0 Å². The molecule has 0 spiro atoms. The molecule has 26 heavy (non-hydrogen) atoms. The first-order chi connectivity index (χ1) is 12.2. The SMILES string of the molecule is C=C/C=C(\C=C/SN(C)/C(C(C)=CC)=C(\C)N(C)C)CCCCN(C)C. The Labute approximate surface area is 166 Å². The summed E-state index contributed by atoms with van der Waals surface area (Å²) in [7, 11) is 10.6. The lowest BCUT2D eigenvalue weighted by molar-refractivity contribution is 0.394. The Hall–Kier alpha value is -1.39. The number of allylic oxidation sites excluding steroid dienone is 7. The number of hydrogen-bond donors (Lipinski definition) is 0. The first-order valence-electron chi connectivity index (χ1n) is 9.29. The molecule has 0 aromatic carbocycles. The van der Waals surface area contributed by atoms with Crippen molar-refractivity contribution in [1.29, 1.82) is 0 Å². The second kappa shape index (κ2) is 13.8. The van der Waals surface area contributed by atoms with Crippen molar-refractivity contribution in [3.05, 3.63) is 58.8 Å². The van der Waals surface area contributed by atoms with Crippen molar-refractivity contribution in [3.63, 3.8) is 0 Å². The fraction of sp³-hybridized carbons (Fsp3) is 0.545. The van der Waals surface area contributed by atoms with E-state index in [1.54, 1.807) is 11.9 Å². The molecule has 0 aromatic heterocycles. The Morgan fingerprint density at radius 3 is 2.19 bits per heavy atom. The Morgan fingerprint density at radius 2 is 1.69 bits per heavy atom.